The van der Waals surface area contributed by atoms with Gasteiger partial charge in [-0.3, -0.25) is 0 Å². The number of alkyl halides is 1. The van der Waals surface area contributed by atoms with Crippen LogP contribution in [0.5, 0.6) is 0 Å². The third-order valence-electron chi connectivity index (χ3n) is 0.929. The molecule has 0 aromatic heterocycles. The first-order valence-corrected chi connectivity index (χ1v) is 3.67. The quantitative estimate of drug-likeness (QED) is 0.478. The van der Waals surface area contributed by atoms with Crippen molar-refractivity contribution in [3.8, 4) is 0 Å². The van der Waals surface area contributed by atoms with Gasteiger partial charge >= 0.3 is 0 Å². The number of aldehydes is 1. The van der Waals surface area contributed by atoms with Gasteiger partial charge in [-0.25, -0.2) is 0 Å². The Morgan fingerprint density at radius 3 is 2.25 bits per heavy atom. The lowest BCUT2D eigenvalue weighted by atomic mass is 10.1. The number of carbonyl (C=O) groups is 1. The molecule has 8 heavy (non-hydrogen) atoms. The summed E-state index contributed by atoms with van der Waals surface area (Å²) in [6.07, 6.45) is 1.92. The van der Waals surface area contributed by atoms with E-state index in [4.69, 9.17) is 0 Å². The number of carbonyl (C=O) groups excluding carboxylic acids is 1. The number of halogens is 1. The van der Waals surface area contributed by atoms with Crippen LogP contribution in [0.15, 0.2) is 0 Å². The molecule has 0 spiro atoms. The predicted molar refractivity (Wildman–Crippen MR) is 38.2 cm³/mol. The Bertz CT molecular complexity index is 70.9. The standard InChI is InChI=1S/C6H11BrO/c1-5(4-8)3-6(2)7/h4-6H,3H2,1-2H3. The molecule has 0 radical (unpaired) electrons. The van der Waals surface area contributed by atoms with Crippen molar-refractivity contribution in [3.63, 3.8) is 0 Å². The lowest BCUT2D eigenvalue weighted by Crippen LogP contribution is -2.01. The van der Waals surface area contributed by atoms with E-state index in [0.717, 1.165) is 12.7 Å². The van der Waals surface area contributed by atoms with E-state index in [1.54, 1.807) is 0 Å². The molecule has 0 fully saturated rings. The number of hydrogen-bond acceptors (Lipinski definition) is 1. The second kappa shape index (κ2) is 4.07. The first kappa shape index (κ1) is 8.15. The highest BCUT2D eigenvalue weighted by molar-refractivity contribution is 9.09. The predicted octanol–water partition coefficient (Wildman–Crippen LogP) is 1.99. The van der Waals surface area contributed by atoms with Crippen LogP contribution in [-0.2, 0) is 4.79 Å². The molecule has 0 aromatic rings. The van der Waals surface area contributed by atoms with Crippen LogP contribution in [0.25, 0.3) is 0 Å². The van der Waals surface area contributed by atoms with Crippen molar-refractivity contribution < 1.29 is 4.79 Å². The minimum atomic E-state index is 0.198. The van der Waals surface area contributed by atoms with Gasteiger partial charge in [0.25, 0.3) is 0 Å². The van der Waals surface area contributed by atoms with E-state index in [1.807, 2.05) is 13.8 Å². The molecular weight excluding hydrogens is 168 g/mol. The van der Waals surface area contributed by atoms with Crippen molar-refractivity contribution in [2.75, 3.05) is 0 Å². The van der Waals surface area contributed by atoms with Gasteiger partial charge in [-0.1, -0.05) is 29.8 Å². The summed E-state index contributed by atoms with van der Waals surface area (Å²) in [4.78, 5) is 10.5. The molecule has 0 bridgehead atoms. The van der Waals surface area contributed by atoms with Gasteiger partial charge in [-0.15, -0.1) is 0 Å². The molecule has 1 nitrogen and oxygen atoms in total. The zero-order valence-corrected chi connectivity index (χ0v) is 6.81. The van der Waals surface area contributed by atoms with Crippen LogP contribution in [-0.4, -0.2) is 11.1 Å². The Labute approximate surface area is 58.6 Å². The van der Waals surface area contributed by atoms with Gasteiger partial charge in [0.15, 0.2) is 0 Å². The van der Waals surface area contributed by atoms with Gasteiger partial charge in [0.1, 0.15) is 6.29 Å². The van der Waals surface area contributed by atoms with E-state index < -0.39 is 0 Å². The fourth-order valence-corrected chi connectivity index (χ4v) is 1.16. The van der Waals surface area contributed by atoms with Crippen LogP contribution in [0, 0.1) is 5.92 Å². The molecule has 0 saturated carbocycles. The maximum absolute atomic E-state index is 10.0. The molecule has 0 aliphatic carbocycles. The monoisotopic (exact) mass is 178 g/mol. The topological polar surface area (TPSA) is 17.1 Å². The number of rotatable bonds is 3. The lowest BCUT2D eigenvalue weighted by Gasteiger charge is -2.02. The zero-order chi connectivity index (χ0) is 6.57. The molecule has 0 aromatic carbocycles. The average molecular weight is 179 g/mol. The first-order valence-electron chi connectivity index (χ1n) is 2.76. The van der Waals surface area contributed by atoms with Crippen LogP contribution >= 0.6 is 15.9 Å². The third kappa shape index (κ3) is 4.31. The highest BCUT2D eigenvalue weighted by Gasteiger charge is 2.02. The molecule has 0 N–H and O–H groups in total. The van der Waals surface area contributed by atoms with Gasteiger partial charge in [0, 0.05) is 10.7 Å². The lowest BCUT2D eigenvalue weighted by molar-refractivity contribution is -0.110. The highest BCUT2D eigenvalue weighted by atomic mass is 79.9. The summed E-state index contributed by atoms with van der Waals surface area (Å²) in [5.74, 6) is 0.198. The minimum absolute atomic E-state index is 0.198. The molecule has 2 heteroatoms. The fraction of sp³-hybridized carbons (Fsp3) is 0.833. The van der Waals surface area contributed by atoms with Crippen LogP contribution in [0.4, 0.5) is 0 Å². The normalized spacial score (nSPS) is 17.4. The summed E-state index contributed by atoms with van der Waals surface area (Å²) < 4.78 is 0. The summed E-state index contributed by atoms with van der Waals surface area (Å²) >= 11 is 3.36. The Hall–Kier alpha value is 0.150. The van der Waals surface area contributed by atoms with Gasteiger partial charge in [0.2, 0.25) is 0 Å². The Morgan fingerprint density at radius 1 is 1.62 bits per heavy atom. The summed E-state index contributed by atoms with van der Waals surface area (Å²) in [7, 11) is 0. The first-order chi connectivity index (χ1) is 3.66. The third-order valence-corrected chi connectivity index (χ3v) is 1.30. The Kier molecular flexibility index (Phi) is 4.15. The Balaban J connectivity index is 3.23. The van der Waals surface area contributed by atoms with Crippen molar-refractivity contribution >= 4 is 22.2 Å². The fourth-order valence-electron chi connectivity index (χ4n) is 0.568. The summed E-state index contributed by atoms with van der Waals surface area (Å²) in [5.41, 5.74) is 0. The second-order valence-corrected chi connectivity index (χ2v) is 3.69. The second-order valence-electron chi connectivity index (χ2n) is 2.13. The molecule has 2 unspecified atom stereocenters. The van der Waals surface area contributed by atoms with E-state index in [0.29, 0.717) is 4.83 Å². The number of hydrogen-bond donors (Lipinski definition) is 0. The SMILES string of the molecule is CC(Br)CC(C)C=O. The molecule has 48 valence electrons. The summed E-state index contributed by atoms with van der Waals surface area (Å²) in [5, 5.41) is 0. The molecule has 0 aliphatic rings. The largest absolute Gasteiger partial charge is 0.303 e. The van der Waals surface area contributed by atoms with Crippen molar-refractivity contribution in [1.29, 1.82) is 0 Å². The molecule has 0 amide bonds. The molecule has 2 atom stereocenters. The maximum atomic E-state index is 10.0. The molecular formula is C6H11BrO. The van der Waals surface area contributed by atoms with Gasteiger partial charge in [-0.2, -0.15) is 0 Å². The van der Waals surface area contributed by atoms with Gasteiger partial charge in [-0.05, 0) is 6.42 Å². The summed E-state index contributed by atoms with van der Waals surface area (Å²) in [6, 6.07) is 0. The minimum Gasteiger partial charge on any atom is -0.303 e. The highest BCUT2D eigenvalue weighted by Crippen LogP contribution is 2.09. The van der Waals surface area contributed by atoms with Gasteiger partial charge in [0.05, 0.1) is 0 Å². The van der Waals surface area contributed by atoms with Crippen molar-refractivity contribution in [2.24, 2.45) is 5.92 Å². The van der Waals surface area contributed by atoms with E-state index in [1.165, 1.54) is 0 Å². The Morgan fingerprint density at radius 2 is 2.12 bits per heavy atom. The van der Waals surface area contributed by atoms with Crippen molar-refractivity contribution in [3.05, 3.63) is 0 Å². The summed E-state index contributed by atoms with van der Waals surface area (Å²) in [6.45, 7) is 3.96. The van der Waals surface area contributed by atoms with E-state index in [-0.39, 0.29) is 5.92 Å². The van der Waals surface area contributed by atoms with E-state index in [2.05, 4.69) is 15.9 Å². The molecule has 0 aliphatic heterocycles. The maximum Gasteiger partial charge on any atom is 0.122 e. The van der Waals surface area contributed by atoms with Crippen molar-refractivity contribution in [1.82, 2.24) is 0 Å². The molecule has 0 heterocycles. The van der Waals surface area contributed by atoms with E-state index in [9.17, 15) is 4.79 Å². The van der Waals surface area contributed by atoms with Crippen LogP contribution in [0.3, 0.4) is 0 Å². The average Bonchev–Trinajstić information content (AvgIpc) is 1.65. The molecule has 0 saturated heterocycles. The van der Waals surface area contributed by atoms with Crippen LogP contribution in [0.1, 0.15) is 20.3 Å². The van der Waals surface area contributed by atoms with Gasteiger partial charge < -0.3 is 4.79 Å². The smallest absolute Gasteiger partial charge is 0.122 e. The van der Waals surface area contributed by atoms with Crippen LogP contribution < -0.4 is 0 Å². The van der Waals surface area contributed by atoms with Crippen molar-refractivity contribution in [2.45, 2.75) is 25.1 Å². The molecule has 0 rings (SSSR count). The van der Waals surface area contributed by atoms with Crippen LogP contribution in [0.2, 0.25) is 0 Å². The van der Waals surface area contributed by atoms with E-state index >= 15 is 0 Å². The zero-order valence-electron chi connectivity index (χ0n) is 5.23.